The average molecular weight is 345 g/mol. The number of piperazine rings is 1. The Labute approximate surface area is 146 Å². The first kappa shape index (κ1) is 16.7. The van der Waals surface area contributed by atoms with Crippen molar-refractivity contribution in [2.75, 3.05) is 38.2 Å². The molecular weight excluding hydrogens is 322 g/mol. The minimum Gasteiger partial charge on any atom is -0.380 e. The number of nitrogens with two attached hydrogens (primary N) is 1. The van der Waals surface area contributed by atoms with Crippen LogP contribution in [0.15, 0.2) is 40.8 Å². The molecule has 1 aliphatic heterocycles. The lowest BCUT2D eigenvalue weighted by molar-refractivity contribution is 0.184. The summed E-state index contributed by atoms with van der Waals surface area (Å²) in [6.45, 7) is 4.76. The predicted octanol–water partition coefficient (Wildman–Crippen LogP) is 1.93. The van der Waals surface area contributed by atoms with Gasteiger partial charge < -0.3 is 20.3 Å². The van der Waals surface area contributed by atoms with Crippen LogP contribution in [0.1, 0.15) is 11.1 Å². The van der Waals surface area contributed by atoms with Gasteiger partial charge in [0, 0.05) is 44.9 Å². The van der Waals surface area contributed by atoms with E-state index in [1.165, 1.54) is 0 Å². The lowest BCUT2D eigenvalue weighted by atomic mass is 10.1. The van der Waals surface area contributed by atoms with Crippen LogP contribution in [-0.2, 0) is 17.9 Å². The molecule has 0 spiro atoms. The number of benzene rings is 1. The first-order chi connectivity index (χ1) is 11.8. The Morgan fingerprint density at radius 3 is 2.67 bits per heavy atom. The Balaban J connectivity index is 1.57. The molecule has 0 amide bonds. The highest BCUT2D eigenvalue weighted by Gasteiger charge is 2.19. The number of hydrogen-bond donors (Lipinski definition) is 1. The van der Waals surface area contributed by atoms with Crippen LogP contribution >= 0.6 is 11.3 Å². The van der Waals surface area contributed by atoms with Gasteiger partial charge in [-0.15, -0.1) is 11.3 Å². The Kier molecular flexibility index (Phi) is 5.66. The van der Waals surface area contributed by atoms with E-state index < -0.39 is 0 Å². The van der Waals surface area contributed by atoms with Crippen LogP contribution < -0.4 is 10.6 Å². The number of thiazole rings is 1. The van der Waals surface area contributed by atoms with Crippen LogP contribution in [0.3, 0.4) is 0 Å². The number of anilines is 1. The molecule has 2 heterocycles. The fourth-order valence-corrected chi connectivity index (χ4v) is 3.47. The molecule has 0 bridgehead atoms. The van der Waals surface area contributed by atoms with E-state index in [2.05, 4.69) is 31.9 Å². The third-order valence-electron chi connectivity index (χ3n) is 4.12. The van der Waals surface area contributed by atoms with E-state index >= 15 is 0 Å². The Morgan fingerprint density at radius 2 is 2.00 bits per heavy atom. The zero-order valence-electron chi connectivity index (χ0n) is 13.9. The summed E-state index contributed by atoms with van der Waals surface area (Å²) in [4.78, 5) is 13.4. The van der Waals surface area contributed by atoms with E-state index in [0.29, 0.717) is 19.1 Å². The van der Waals surface area contributed by atoms with Gasteiger partial charge in [-0.2, -0.15) is 0 Å². The maximum absolute atomic E-state index is 6.20. The summed E-state index contributed by atoms with van der Waals surface area (Å²) in [5.41, 5.74) is 8.51. The molecule has 1 aromatic carbocycles. The largest absolute Gasteiger partial charge is 0.380 e. The quantitative estimate of drug-likeness (QED) is 0.662. The average Bonchev–Trinajstić information content (AvgIpc) is 3.16. The standard InChI is InChI=1S/C17H23N5OS/c1-23-13-15-5-3-2-4-14(15)12-20-16(18)21-7-9-22(10-8-21)17-19-6-11-24-17/h2-6,11H,7-10,12-13H2,1H3,(H2,18,20). The van der Waals surface area contributed by atoms with Crippen molar-refractivity contribution in [3.8, 4) is 0 Å². The van der Waals surface area contributed by atoms with Crippen molar-refractivity contribution < 1.29 is 4.74 Å². The highest BCUT2D eigenvalue weighted by atomic mass is 32.1. The predicted molar refractivity (Wildman–Crippen MR) is 98.4 cm³/mol. The van der Waals surface area contributed by atoms with Gasteiger partial charge in [-0.05, 0) is 11.1 Å². The number of ether oxygens (including phenoxy) is 1. The molecule has 24 heavy (non-hydrogen) atoms. The molecule has 1 saturated heterocycles. The highest BCUT2D eigenvalue weighted by Crippen LogP contribution is 2.19. The fraction of sp³-hybridized carbons (Fsp3) is 0.412. The summed E-state index contributed by atoms with van der Waals surface area (Å²) in [6, 6.07) is 8.18. The number of nitrogens with zero attached hydrogens (tertiary/aromatic N) is 4. The molecule has 0 atom stereocenters. The van der Waals surface area contributed by atoms with E-state index in [-0.39, 0.29) is 0 Å². The van der Waals surface area contributed by atoms with Crippen LogP contribution in [0.5, 0.6) is 0 Å². The van der Waals surface area contributed by atoms with Crippen LogP contribution in [0.2, 0.25) is 0 Å². The minimum absolute atomic E-state index is 0.581. The summed E-state index contributed by atoms with van der Waals surface area (Å²) in [5.74, 6) is 0.612. The van der Waals surface area contributed by atoms with Crippen LogP contribution in [0, 0.1) is 0 Å². The van der Waals surface area contributed by atoms with E-state index in [0.717, 1.165) is 42.4 Å². The molecule has 0 radical (unpaired) electrons. The smallest absolute Gasteiger partial charge is 0.191 e. The molecule has 0 saturated carbocycles. The van der Waals surface area contributed by atoms with E-state index in [9.17, 15) is 0 Å². The third-order valence-corrected chi connectivity index (χ3v) is 4.96. The maximum atomic E-state index is 6.20. The van der Waals surface area contributed by atoms with Crippen LogP contribution in [-0.4, -0.2) is 49.1 Å². The van der Waals surface area contributed by atoms with Crippen molar-refractivity contribution in [2.24, 2.45) is 10.7 Å². The zero-order valence-corrected chi connectivity index (χ0v) is 14.7. The van der Waals surface area contributed by atoms with Gasteiger partial charge in [-0.25, -0.2) is 9.98 Å². The lowest BCUT2D eigenvalue weighted by Crippen LogP contribution is -2.51. The van der Waals surface area contributed by atoms with Crippen molar-refractivity contribution in [3.63, 3.8) is 0 Å². The van der Waals surface area contributed by atoms with Gasteiger partial charge in [0.2, 0.25) is 0 Å². The van der Waals surface area contributed by atoms with E-state index in [4.69, 9.17) is 10.5 Å². The van der Waals surface area contributed by atoms with Crippen molar-refractivity contribution in [1.29, 1.82) is 0 Å². The first-order valence-electron chi connectivity index (χ1n) is 8.03. The molecule has 1 fully saturated rings. The molecule has 7 heteroatoms. The van der Waals surface area contributed by atoms with Gasteiger partial charge in [0.25, 0.3) is 0 Å². The molecule has 3 rings (SSSR count). The highest BCUT2D eigenvalue weighted by molar-refractivity contribution is 7.13. The van der Waals surface area contributed by atoms with E-state index in [1.54, 1.807) is 18.4 Å². The zero-order chi connectivity index (χ0) is 16.8. The van der Waals surface area contributed by atoms with Gasteiger partial charge in [0.1, 0.15) is 0 Å². The van der Waals surface area contributed by atoms with Gasteiger partial charge in [0.05, 0.1) is 13.2 Å². The van der Waals surface area contributed by atoms with Crippen molar-refractivity contribution in [2.45, 2.75) is 13.2 Å². The van der Waals surface area contributed by atoms with Crippen molar-refractivity contribution in [3.05, 3.63) is 47.0 Å². The number of guanidine groups is 1. The molecule has 0 aliphatic carbocycles. The lowest BCUT2D eigenvalue weighted by Gasteiger charge is -2.35. The van der Waals surface area contributed by atoms with Crippen molar-refractivity contribution >= 4 is 22.4 Å². The molecule has 2 aromatic rings. The fourth-order valence-electron chi connectivity index (χ4n) is 2.77. The van der Waals surface area contributed by atoms with E-state index in [1.807, 2.05) is 23.7 Å². The Bertz CT molecular complexity index is 665. The van der Waals surface area contributed by atoms with Gasteiger partial charge in [0.15, 0.2) is 11.1 Å². The second kappa shape index (κ2) is 8.12. The second-order valence-electron chi connectivity index (χ2n) is 5.66. The minimum atomic E-state index is 0.581. The topological polar surface area (TPSA) is 67.0 Å². The van der Waals surface area contributed by atoms with Crippen LogP contribution in [0.25, 0.3) is 0 Å². The van der Waals surface area contributed by atoms with Gasteiger partial charge >= 0.3 is 0 Å². The first-order valence-corrected chi connectivity index (χ1v) is 8.91. The third kappa shape index (κ3) is 4.04. The molecule has 2 N–H and O–H groups in total. The number of aromatic nitrogens is 1. The summed E-state index contributed by atoms with van der Waals surface area (Å²) < 4.78 is 5.24. The van der Waals surface area contributed by atoms with Gasteiger partial charge in [-0.1, -0.05) is 24.3 Å². The molecule has 128 valence electrons. The molecule has 1 aliphatic rings. The summed E-state index contributed by atoms with van der Waals surface area (Å²) in [7, 11) is 1.70. The monoisotopic (exact) mass is 345 g/mol. The van der Waals surface area contributed by atoms with Gasteiger partial charge in [-0.3, -0.25) is 0 Å². The normalized spacial score (nSPS) is 15.8. The molecule has 1 aromatic heterocycles. The van der Waals surface area contributed by atoms with Crippen molar-refractivity contribution in [1.82, 2.24) is 9.88 Å². The summed E-state index contributed by atoms with van der Waals surface area (Å²) in [5, 5.41) is 3.09. The Hall–Kier alpha value is -2.12. The summed E-state index contributed by atoms with van der Waals surface area (Å²) in [6.07, 6.45) is 1.85. The molecule has 6 nitrogen and oxygen atoms in total. The number of rotatable bonds is 5. The Morgan fingerprint density at radius 1 is 1.25 bits per heavy atom. The number of hydrogen-bond acceptors (Lipinski definition) is 5. The second-order valence-corrected chi connectivity index (χ2v) is 6.54. The SMILES string of the molecule is COCc1ccccc1CN=C(N)N1CCN(c2nccs2)CC1. The number of methoxy groups -OCH3 is 1. The summed E-state index contributed by atoms with van der Waals surface area (Å²) >= 11 is 1.68. The number of aliphatic imine (C=N–C) groups is 1. The molecule has 0 unspecified atom stereocenters. The maximum Gasteiger partial charge on any atom is 0.191 e. The molecular formula is C17H23N5OS. The van der Waals surface area contributed by atoms with Crippen LogP contribution in [0.4, 0.5) is 5.13 Å².